The van der Waals surface area contributed by atoms with Crippen LogP contribution in [-0.2, 0) is 9.47 Å². The number of nitrogens with zero attached hydrogens (tertiary/aromatic N) is 1. The number of pyridine rings is 1. The molecule has 70 valence electrons. The maximum absolute atomic E-state index is 13.0. The molecule has 1 aliphatic heterocycles. The maximum atomic E-state index is 13.0. The van der Waals surface area contributed by atoms with E-state index in [0.717, 1.165) is 0 Å². The van der Waals surface area contributed by atoms with Crippen LogP contribution in [0.3, 0.4) is 0 Å². The average Bonchev–Trinajstić information content (AvgIpc) is 2.62. The highest BCUT2D eigenvalue weighted by Gasteiger charge is 2.22. The van der Waals surface area contributed by atoms with Crippen molar-refractivity contribution in [1.29, 1.82) is 0 Å². The largest absolute Gasteiger partial charge is 0.346 e. The van der Waals surface area contributed by atoms with Gasteiger partial charge in [-0.15, -0.1) is 0 Å². The first-order valence-electron chi connectivity index (χ1n) is 3.82. The summed E-state index contributed by atoms with van der Waals surface area (Å²) in [6.07, 6.45) is 0.988. The standard InChI is InChI=1S/C8H7FINO2/c9-7-6(10)5(1-2-11-7)8-12-3-4-13-8/h1-2,8H,3-4H2. The highest BCUT2D eigenvalue weighted by molar-refractivity contribution is 14.1. The first kappa shape index (κ1) is 9.29. The van der Waals surface area contributed by atoms with Crippen LogP contribution in [0.25, 0.3) is 0 Å². The van der Waals surface area contributed by atoms with Crippen LogP contribution in [0.2, 0.25) is 0 Å². The third-order valence-electron chi connectivity index (χ3n) is 1.75. The predicted octanol–water partition coefficient (Wildman–Crippen LogP) is 1.87. The van der Waals surface area contributed by atoms with E-state index in [4.69, 9.17) is 9.47 Å². The predicted molar refractivity (Wildman–Crippen MR) is 51.6 cm³/mol. The van der Waals surface area contributed by atoms with Crippen molar-refractivity contribution in [1.82, 2.24) is 4.98 Å². The lowest BCUT2D eigenvalue weighted by Crippen LogP contribution is -2.03. The summed E-state index contributed by atoms with van der Waals surface area (Å²) in [5.74, 6) is -0.475. The zero-order valence-electron chi connectivity index (χ0n) is 6.67. The number of ether oxygens (including phenoxy) is 2. The Morgan fingerprint density at radius 2 is 2.15 bits per heavy atom. The molecule has 0 radical (unpaired) electrons. The summed E-state index contributed by atoms with van der Waals surface area (Å²) < 4.78 is 24.0. The topological polar surface area (TPSA) is 31.4 Å². The number of aromatic nitrogens is 1. The van der Waals surface area contributed by atoms with Crippen LogP contribution in [0.5, 0.6) is 0 Å². The van der Waals surface area contributed by atoms with E-state index in [1.165, 1.54) is 6.20 Å². The summed E-state index contributed by atoms with van der Waals surface area (Å²) >= 11 is 1.90. The molecule has 1 saturated heterocycles. The van der Waals surface area contributed by atoms with Gasteiger partial charge in [0.2, 0.25) is 5.95 Å². The molecule has 0 unspecified atom stereocenters. The molecule has 2 rings (SSSR count). The van der Waals surface area contributed by atoms with Gasteiger partial charge in [-0.2, -0.15) is 4.39 Å². The molecular formula is C8H7FINO2. The Hall–Kier alpha value is -0.270. The minimum Gasteiger partial charge on any atom is -0.346 e. The Morgan fingerprint density at radius 3 is 2.85 bits per heavy atom. The van der Waals surface area contributed by atoms with E-state index in [1.54, 1.807) is 6.07 Å². The van der Waals surface area contributed by atoms with Crippen LogP contribution in [0.1, 0.15) is 11.9 Å². The van der Waals surface area contributed by atoms with Crippen LogP contribution in [0.4, 0.5) is 4.39 Å². The van der Waals surface area contributed by atoms with E-state index in [9.17, 15) is 4.39 Å². The monoisotopic (exact) mass is 295 g/mol. The van der Waals surface area contributed by atoms with Gasteiger partial charge < -0.3 is 9.47 Å². The van der Waals surface area contributed by atoms with E-state index in [-0.39, 0.29) is 0 Å². The molecule has 0 aliphatic carbocycles. The highest BCUT2D eigenvalue weighted by atomic mass is 127. The zero-order chi connectivity index (χ0) is 9.26. The van der Waals surface area contributed by atoms with E-state index < -0.39 is 12.2 Å². The molecule has 1 aliphatic rings. The summed E-state index contributed by atoms with van der Waals surface area (Å²) in [6.45, 7) is 1.12. The quantitative estimate of drug-likeness (QED) is 0.585. The second-order valence-corrected chi connectivity index (χ2v) is 3.66. The molecule has 3 nitrogen and oxygen atoms in total. The summed E-state index contributed by atoms with van der Waals surface area (Å²) in [6, 6.07) is 1.71. The van der Waals surface area contributed by atoms with Crippen LogP contribution >= 0.6 is 22.6 Å². The Balaban J connectivity index is 2.33. The second kappa shape index (κ2) is 3.85. The third-order valence-corrected chi connectivity index (χ3v) is 2.82. The maximum Gasteiger partial charge on any atom is 0.226 e. The van der Waals surface area contributed by atoms with Gasteiger partial charge in [0.05, 0.1) is 16.8 Å². The van der Waals surface area contributed by atoms with E-state index >= 15 is 0 Å². The summed E-state index contributed by atoms with van der Waals surface area (Å²) in [4.78, 5) is 3.53. The van der Waals surface area contributed by atoms with Gasteiger partial charge in [0, 0.05) is 11.8 Å². The van der Waals surface area contributed by atoms with Gasteiger partial charge in [-0.3, -0.25) is 0 Å². The van der Waals surface area contributed by atoms with Crippen LogP contribution in [-0.4, -0.2) is 18.2 Å². The van der Waals surface area contributed by atoms with Crippen molar-refractivity contribution >= 4 is 22.6 Å². The second-order valence-electron chi connectivity index (χ2n) is 2.58. The Morgan fingerprint density at radius 1 is 1.46 bits per heavy atom. The van der Waals surface area contributed by atoms with Gasteiger partial charge in [0.1, 0.15) is 0 Å². The van der Waals surface area contributed by atoms with Crippen molar-refractivity contribution in [2.24, 2.45) is 0 Å². The van der Waals surface area contributed by atoms with Crippen LogP contribution in [0.15, 0.2) is 12.3 Å². The van der Waals surface area contributed by atoms with Crippen molar-refractivity contribution in [3.63, 3.8) is 0 Å². The minimum atomic E-state index is -0.475. The summed E-state index contributed by atoms with van der Waals surface area (Å²) in [5.41, 5.74) is 0.714. The first-order chi connectivity index (χ1) is 6.29. The Labute approximate surface area is 88.4 Å². The smallest absolute Gasteiger partial charge is 0.226 e. The molecule has 0 spiro atoms. The fourth-order valence-electron chi connectivity index (χ4n) is 1.15. The highest BCUT2D eigenvalue weighted by Crippen LogP contribution is 2.27. The SMILES string of the molecule is Fc1nccc(C2OCCO2)c1I. The molecule has 2 heterocycles. The van der Waals surface area contributed by atoms with Gasteiger partial charge in [-0.05, 0) is 28.7 Å². The van der Waals surface area contributed by atoms with E-state index in [0.29, 0.717) is 22.3 Å². The lowest BCUT2D eigenvalue weighted by atomic mass is 10.2. The molecule has 1 aromatic heterocycles. The molecule has 0 N–H and O–H groups in total. The number of halogens is 2. The molecule has 0 atom stereocenters. The molecule has 5 heteroatoms. The molecule has 1 fully saturated rings. The fourth-order valence-corrected chi connectivity index (χ4v) is 1.73. The molecule has 1 aromatic rings. The average molecular weight is 295 g/mol. The molecule has 0 aromatic carbocycles. The summed E-state index contributed by atoms with van der Waals surface area (Å²) in [7, 11) is 0. The van der Waals surface area contributed by atoms with Crippen molar-refractivity contribution in [2.75, 3.05) is 13.2 Å². The lowest BCUT2D eigenvalue weighted by molar-refractivity contribution is -0.0450. The molecular weight excluding hydrogens is 288 g/mol. The first-order valence-corrected chi connectivity index (χ1v) is 4.90. The van der Waals surface area contributed by atoms with Gasteiger partial charge in [0.15, 0.2) is 6.29 Å². The van der Waals surface area contributed by atoms with Crippen molar-refractivity contribution < 1.29 is 13.9 Å². The zero-order valence-corrected chi connectivity index (χ0v) is 8.82. The number of hydrogen-bond acceptors (Lipinski definition) is 3. The van der Waals surface area contributed by atoms with Gasteiger partial charge in [-0.25, -0.2) is 4.98 Å². The fraction of sp³-hybridized carbons (Fsp3) is 0.375. The minimum absolute atomic E-state index is 0.426. The van der Waals surface area contributed by atoms with Gasteiger partial charge in [-0.1, -0.05) is 0 Å². The lowest BCUT2D eigenvalue weighted by Gasteiger charge is -2.10. The molecule has 0 amide bonds. The third kappa shape index (κ3) is 1.82. The van der Waals surface area contributed by atoms with E-state index in [2.05, 4.69) is 4.98 Å². The number of hydrogen-bond donors (Lipinski definition) is 0. The normalized spacial score (nSPS) is 18.0. The molecule has 0 bridgehead atoms. The van der Waals surface area contributed by atoms with Crippen molar-refractivity contribution in [3.05, 3.63) is 27.3 Å². The van der Waals surface area contributed by atoms with Gasteiger partial charge >= 0.3 is 0 Å². The van der Waals surface area contributed by atoms with Crippen LogP contribution < -0.4 is 0 Å². The van der Waals surface area contributed by atoms with Gasteiger partial charge in [0.25, 0.3) is 0 Å². The molecule has 0 saturated carbocycles. The Bertz CT molecular complexity index is 315. The Kier molecular flexibility index (Phi) is 2.75. The van der Waals surface area contributed by atoms with Crippen molar-refractivity contribution in [2.45, 2.75) is 6.29 Å². The van der Waals surface area contributed by atoms with Crippen molar-refractivity contribution in [3.8, 4) is 0 Å². The van der Waals surface area contributed by atoms with Crippen LogP contribution in [0, 0.1) is 9.52 Å². The van der Waals surface area contributed by atoms with E-state index in [1.807, 2.05) is 22.6 Å². The molecule has 13 heavy (non-hydrogen) atoms. The summed E-state index contributed by atoms with van der Waals surface area (Å²) in [5, 5.41) is 0. The number of rotatable bonds is 1.